The van der Waals surface area contributed by atoms with Gasteiger partial charge in [-0.05, 0) is 36.6 Å². The maximum absolute atomic E-state index is 14.6. The first-order valence-corrected chi connectivity index (χ1v) is 12.7. The second kappa shape index (κ2) is 10.8. The van der Waals surface area contributed by atoms with E-state index in [1.807, 2.05) is 53.4 Å². The number of hydrogen-bond donors (Lipinski definition) is 1. The minimum atomic E-state index is -0.748. The SMILES string of the molecule is Cc1c(N2CCC(c3ccccc3)C2)c(=O)n(C[C@@H](N)c2ccccc2)c(=O)n1Cc1c(F)cccc1F. The molecule has 0 bridgehead atoms. The van der Waals surface area contributed by atoms with Gasteiger partial charge in [-0.1, -0.05) is 66.7 Å². The third-order valence-corrected chi connectivity index (χ3v) is 7.42. The van der Waals surface area contributed by atoms with Crippen LogP contribution in [0, 0.1) is 18.6 Å². The van der Waals surface area contributed by atoms with Gasteiger partial charge in [-0.2, -0.15) is 0 Å². The Balaban J connectivity index is 1.60. The van der Waals surface area contributed by atoms with Crippen LogP contribution in [-0.4, -0.2) is 22.2 Å². The summed E-state index contributed by atoms with van der Waals surface area (Å²) in [6, 6.07) is 22.3. The zero-order chi connectivity index (χ0) is 26.8. The molecular weight excluding hydrogens is 486 g/mol. The molecular formula is C30H30F2N4O2. The highest BCUT2D eigenvalue weighted by Crippen LogP contribution is 2.30. The summed E-state index contributed by atoms with van der Waals surface area (Å²) >= 11 is 0. The second-order valence-corrected chi connectivity index (χ2v) is 9.78. The van der Waals surface area contributed by atoms with E-state index in [2.05, 4.69) is 12.1 Å². The lowest BCUT2D eigenvalue weighted by Gasteiger charge is -2.25. The van der Waals surface area contributed by atoms with Crippen molar-refractivity contribution in [3.63, 3.8) is 0 Å². The van der Waals surface area contributed by atoms with Crippen LogP contribution < -0.4 is 21.9 Å². The van der Waals surface area contributed by atoms with Crippen LogP contribution >= 0.6 is 0 Å². The van der Waals surface area contributed by atoms with E-state index in [-0.39, 0.29) is 24.6 Å². The van der Waals surface area contributed by atoms with E-state index in [0.29, 0.717) is 24.5 Å². The van der Waals surface area contributed by atoms with Crippen LogP contribution in [0.25, 0.3) is 0 Å². The van der Waals surface area contributed by atoms with Crippen LogP contribution in [-0.2, 0) is 13.1 Å². The van der Waals surface area contributed by atoms with Gasteiger partial charge >= 0.3 is 5.69 Å². The topological polar surface area (TPSA) is 73.3 Å². The zero-order valence-electron chi connectivity index (χ0n) is 21.2. The van der Waals surface area contributed by atoms with Gasteiger partial charge in [-0.25, -0.2) is 13.6 Å². The van der Waals surface area contributed by atoms with Crippen LogP contribution in [0.2, 0.25) is 0 Å². The van der Waals surface area contributed by atoms with E-state index in [1.54, 1.807) is 6.92 Å². The minimum Gasteiger partial charge on any atom is -0.365 e. The standard InChI is InChI=1S/C30H30F2N4O2/c1-20-28(34-16-15-23(17-34)21-9-4-2-5-10-21)29(37)36(19-27(33)22-11-6-3-7-12-22)30(38)35(20)18-24-25(31)13-8-14-26(24)32/h2-14,23,27H,15-19,33H2,1H3/t23?,27-/m1/s1. The maximum atomic E-state index is 14.6. The van der Waals surface area contributed by atoms with Crippen LogP contribution in [0.3, 0.4) is 0 Å². The highest BCUT2D eigenvalue weighted by Gasteiger charge is 2.30. The first kappa shape index (κ1) is 25.6. The number of rotatable bonds is 7. The molecule has 38 heavy (non-hydrogen) atoms. The Bertz CT molecular complexity index is 1530. The molecule has 0 aliphatic carbocycles. The number of nitrogens with zero attached hydrogens (tertiary/aromatic N) is 3. The summed E-state index contributed by atoms with van der Waals surface area (Å²) < 4.78 is 31.6. The molecule has 2 atom stereocenters. The molecule has 5 rings (SSSR count). The quantitative estimate of drug-likeness (QED) is 0.397. The van der Waals surface area contributed by atoms with E-state index >= 15 is 0 Å². The van der Waals surface area contributed by atoms with Crippen molar-refractivity contribution in [2.75, 3.05) is 18.0 Å². The molecule has 196 valence electrons. The number of halogens is 2. The maximum Gasteiger partial charge on any atom is 0.331 e. The molecule has 3 aromatic carbocycles. The highest BCUT2D eigenvalue weighted by molar-refractivity contribution is 5.51. The predicted molar refractivity (Wildman–Crippen MR) is 145 cm³/mol. The van der Waals surface area contributed by atoms with E-state index in [4.69, 9.17) is 5.73 Å². The molecule has 2 N–H and O–H groups in total. The molecule has 1 aliphatic rings. The van der Waals surface area contributed by atoms with Gasteiger partial charge in [0.05, 0.1) is 13.1 Å². The fraction of sp³-hybridized carbons (Fsp3) is 0.267. The molecule has 1 unspecified atom stereocenters. The molecule has 1 aromatic heterocycles. The Hall–Kier alpha value is -4.04. The van der Waals surface area contributed by atoms with Gasteiger partial charge in [-0.3, -0.25) is 13.9 Å². The summed E-state index contributed by atoms with van der Waals surface area (Å²) in [5.74, 6) is -1.27. The average Bonchev–Trinajstić information content (AvgIpc) is 3.41. The minimum absolute atomic E-state index is 0.0648. The third-order valence-electron chi connectivity index (χ3n) is 7.42. The summed E-state index contributed by atoms with van der Waals surface area (Å²) in [5, 5.41) is 0. The Kier molecular flexibility index (Phi) is 7.24. The van der Waals surface area contributed by atoms with Crippen LogP contribution in [0.1, 0.15) is 40.8 Å². The Morgan fingerprint density at radius 1 is 0.895 bits per heavy atom. The fourth-order valence-electron chi connectivity index (χ4n) is 5.30. The van der Waals surface area contributed by atoms with Crippen LogP contribution in [0.15, 0.2) is 88.5 Å². The summed E-state index contributed by atoms with van der Waals surface area (Å²) in [7, 11) is 0. The first-order chi connectivity index (χ1) is 18.3. The Labute approximate surface area is 219 Å². The lowest BCUT2D eigenvalue weighted by Crippen LogP contribution is -2.46. The molecule has 6 nitrogen and oxygen atoms in total. The summed E-state index contributed by atoms with van der Waals surface area (Å²) in [6.07, 6.45) is 0.841. The van der Waals surface area contributed by atoms with Crippen LogP contribution in [0.5, 0.6) is 0 Å². The molecule has 1 fully saturated rings. The lowest BCUT2D eigenvalue weighted by atomic mass is 9.99. The summed E-state index contributed by atoms with van der Waals surface area (Å²) in [5.41, 5.74) is 7.78. The van der Waals surface area contributed by atoms with Gasteiger partial charge in [0.1, 0.15) is 17.3 Å². The van der Waals surface area contributed by atoms with Gasteiger partial charge in [-0.15, -0.1) is 0 Å². The van der Waals surface area contributed by atoms with Crippen molar-refractivity contribution >= 4 is 5.69 Å². The average molecular weight is 517 g/mol. The molecule has 1 aliphatic heterocycles. The van der Waals surface area contributed by atoms with Crippen LogP contribution in [0.4, 0.5) is 14.5 Å². The molecule has 8 heteroatoms. The van der Waals surface area contributed by atoms with Crippen molar-refractivity contribution in [2.45, 2.75) is 38.4 Å². The lowest BCUT2D eigenvalue weighted by molar-refractivity contribution is 0.491. The Morgan fingerprint density at radius 2 is 1.53 bits per heavy atom. The van der Waals surface area contributed by atoms with Gasteiger partial charge in [0.2, 0.25) is 0 Å². The highest BCUT2D eigenvalue weighted by atomic mass is 19.1. The van der Waals surface area contributed by atoms with E-state index in [0.717, 1.165) is 28.7 Å². The molecule has 0 radical (unpaired) electrons. The molecule has 1 saturated heterocycles. The van der Waals surface area contributed by atoms with Gasteiger partial charge in [0.25, 0.3) is 5.56 Å². The zero-order valence-corrected chi connectivity index (χ0v) is 21.2. The monoisotopic (exact) mass is 516 g/mol. The van der Waals surface area contributed by atoms with E-state index < -0.39 is 28.9 Å². The molecule has 0 amide bonds. The fourth-order valence-corrected chi connectivity index (χ4v) is 5.30. The number of anilines is 1. The number of benzene rings is 3. The Morgan fingerprint density at radius 3 is 2.18 bits per heavy atom. The van der Waals surface area contributed by atoms with E-state index in [9.17, 15) is 18.4 Å². The van der Waals surface area contributed by atoms with Gasteiger partial charge < -0.3 is 10.6 Å². The number of aromatic nitrogens is 2. The third kappa shape index (κ3) is 4.91. The van der Waals surface area contributed by atoms with E-state index in [1.165, 1.54) is 16.2 Å². The van der Waals surface area contributed by atoms with Crippen molar-refractivity contribution in [1.29, 1.82) is 0 Å². The van der Waals surface area contributed by atoms with Crippen molar-refractivity contribution in [2.24, 2.45) is 5.73 Å². The van der Waals surface area contributed by atoms with Crippen molar-refractivity contribution in [1.82, 2.24) is 9.13 Å². The largest absolute Gasteiger partial charge is 0.365 e. The van der Waals surface area contributed by atoms with Crippen molar-refractivity contribution in [3.8, 4) is 0 Å². The van der Waals surface area contributed by atoms with Crippen molar-refractivity contribution in [3.05, 3.63) is 134 Å². The molecule has 4 aromatic rings. The second-order valence-electron chi connectivity index (χ2n) is 9.78. The summed E-state index contributed by atoms with van der Waals surface area (Å²) in [4.78, 5) is 29.5. The molecule has 2 heterocycles. The van der Waals surface area contributed by atoms with Gasteiger partial charge in [0, 0.05) is 36.3 Å². The normalized spacial score (nSPS) is 16.1. The smallest absolute Gasteiger partial charge is 0.331 e. The summed E-state index contributed by atoms with van der Waals surface area (Å²) in [6.45, 7) is 2.47. The first-order valence-electron chi connectivity index (χ1n) is 12.7. The van der Waals surface area contributed by atoms with Gasteiger partial charge in [0.15, 0.2) is 0 Å². The molecule has 0 saturated carbocycles. The number of hydrogen-bond acceptors (Lipinski definition) is 4. The predicted octanol–water partition coefficient (Wildman–Crippen LogP) is 4.34. The van der Waals surface area contributed by atoms with Crippen molar-refractivity contribution < 1.29 is 8.78 Å². The number of nitrogens with two attached hydrogens (primary N) is 1. The molecule has 0 spiro atoms.